The van der Waals surface area contributed by atoms with E-state index in [9.17, 15) is 0 Å². The van der Waals surface area contributed by atoms with Gasteiger partial charge in [-0.2, -0.15) is 0 Å². The van der Waals surface area contributed by atoms with Crippen LogP contribution >= 0.6 is 0 Å². The maximum atomic E-state index is 8.34. The van der Waals surface area contributed by atoms with Gasteiger partial charge in [0.2, 0.25) is 0 Å². The quantitative estimate of drug-likeness (QED) is 0.178. The molecule has 0 rings (SSSR count). The van der Waals surface area contributed by atoms with E-state index >= 15 is 0 Å². The van der Waals surface area contributed by atoms with Crippen molar-refractivity contribution in [3.8, 4) is 0 Å². The van der Waals surface area contributed by atoms with Crippen LogP contribution in [0.3, 0.4) is 0 Å². The molecule has 5 N–H and O–H groups in total. The molecule has 0 aromatic heterocycles. The zero-order valence-electron chi connectivity index (χ0n) is 23.1. The number of nitrogens with two attached hydrogens (primary N) is 1. The second-order valence-corrected chi connectivity index (χ2v) is 34.7. The lowest BCUT2D eigenvalue weighted by Gasteiger charge is -2.42. The molecule has 200 valence electrons. The van der Waals surface area contributed by atoms with Crippen molar-refractivity contribution in [1.29, 1.82) is 0 Å². The molecular formula is C20H53NO7Si5. The van der Waals surface area contributed by atoms with Crippen molar-refractivity contribution in [2.75, 3.05) is 26.4 Å². The van der Waals surface area contributed by atoms with Crippen molar-refractivity contribution < 1.29 is 32.1 Å². The van der Waals surface area contributed by atoms with Crippen LogP contribution < -0.4 is 5.73 Å². The van der Waals surface area contributed by atoms with Crippen LogP contribution in [0, 0.1) is 0 Å². The largest absolute Gasteiger partial charge is 0.437 e. The number of aliphatic hydroxyl groups excluding tert-OH is 3. The number of hydrogen-bond donors (Lipinski definition) is 4. The molecule has 0 aliphatic rings. The Hall–Kier alpha value is 0.504. The van der Waals surface area contributed by atoms with E-state index in [2.05, 4.69) is 72.4 Å². The van der Waals surface area contributed by atoms with Crippen molar-refractivity contribution in [1.82, 2.24) is 0 Å². The molecule has 0 bridgehead atoms. The van der Waals surface area contributed by atoms with Crippen LogP contribution in [-0.2, 0) is 16.8 Å². The van der Waals surface area contributed by atoms with E-state index in [-0.39, 0.29) is 0 Å². The molecule has 0 aliphatic heterocycles. The maximum absolute atomic E-state index is 8.34. The zero-order chi connectivity index (χ0) is 26.7. The highest BCUT2D eigenvalue weighted by Crippen LogP contribution is 2.26. The Kier molecular flexibility index (Phi) is 16.1. The molecule has 13 heteroatoms. The lowest BCUT2D eigenvalue weighted by Crippen LogP contribution is -2.60. The van der Waals surface area contributed by atoms with Gasteiger partial charge in [-0.3, -0.25) is 0 Å². The molecule has 0 radical (unpaired) electrons. The highest BCUT2D eigenvalue weighted by Gasteiger charge is 2.46. The molecule has 0 saturated heterocycles. The van der Waals surface area contributed by atoms with Gasteiger partial charge in [-0.1, -0.05) is 25.5 Å². The van der Waals surface area contributed by atoms with Gasteiger partial charge in [0.05, 0.1) is 32.0 Å². The van der Waals surface area contributed by atoms with Gasteiger partial charge in [-0.25, -0.2) is 0 Å². The Labute approximate surface area is 208 Å². The molecule has 0 heterocycles. The molecule has 0 aromatic carbocycles. The molecule has 1 atom stereocenters. The van der Waals surface area contributed by atoms with Crippen LogP contribution in [0.5, 0.6) is 0 Å². The fourth-order valence-electron chi connectivity index (χ4n) is 3.36. The molecule has 0 aromatic rings. The average molecular weight is 560 g/mol. The topological polar surface area (TPSA) is 124 Å². The lowest BCUT2D eigenvalue weighted by atomic mass is 10.1. The van der Waals surface area contributed by atoms with Gasteiger partial charge in [0.1, 0.15) is 0 Å². The summed E-state index contributed by atoms with van der Waals surface area (Å²) in [5.41, 5.74) is 5.02. The molecule has 0 fully saturated rings. The minimum absolute atomic E-state index is 0.403. The summed E-state index contributed by atoms with van der Waals surface area (Å²) in [5.74, 6) is 0. The van der Waals surface area contributed by atoms with E-state index in [1.807, 2.05) is 6.92 Å². The standard InChI is InChI=1S/C16H42O4Si5.C4H11NO3/c1-13-14-21(17-15-16(2)3)25(11,12)20-24(9,10)19-23(7,8)18-22(4,5)6;5-4(1-6,2-7)3-8/h21H,2,13-15H2,1,3-12H3;6-8H,1-3,5H2. The van der Waals surface area contributed by atoms with E-state index in [4.69, 9.17) is 37.8 Å². The fourth-order valence-corrected chi connectivity index (χ4v) is 31.1. The first-order valence-electron chi connectivity index (χ1n) is 11.7. The highest BCUT2D eigenvalue weighted by atomic mass is 29.3. The van der Waals surface area contributed by atoms with Crippen molar-refractivity contribution in [3.05, 3.63) is 12.2 Å². The fraction of sp³-hybridized carbons (Fsp3) is 0.900. The van der Waals surface area contributed by atoms with Gasteiger partial charge in [0.15, 0.2) is 24.7 Å². The predicted molar refractivity (Wildman–Crippen MR) is 150 cm³/mol. The molecule has 33 heavy (non-hydrogen) atoms. The first-order valence-corrected chi connectivity index (χ1v) is 26.7. The highest BCUT2D eigenvalue weighted by molar-refractivity contribution is 7.28. The summed E-state index contributed by atoms with van der Waals surface area (Å²) in [6.45, 7) is 27.6. The normalized spacial score (nSPS) is 14.5. The van der Waals surface area contributed by atoms with E-state index in [0.29, 0.717) is 6.61 Å². The van der Waals surface area contributed by atoms with Crippen molar-refractivity contribution in [2.24, 2.45) is 5.73 Å². The van der Waals surface area contributed by atoms with Crippen molar-refractivity contribution in [2.45, 2.75) is 90.8 Å². The molecule has 0 saturated carbocycles. The van der Waals surface area contributed by atoms with Gasteiger partial charge < -0.3 is 37.8 Å². The summed E-state index contributed by atoms with van der Waals surface area (Å²) in [6.07, 6.45) is 1.15. The SMILES string of the molecule is C=C(C)CO[SiH](CCC)[Si](C)(C)O[Si](C)(C)O[Si](C)(C)O[Si](C)(C)C.NC(CO)(CO)CO. The third-order valence-electron chi connectivity index (χ3n) is 4.35. The van der Waals surface area contributed by atoms with E-state index in [0.717, 1.165) is 18.0 Å². The van der Waals surface area contributed by atoms with E-state index < -0.39 is 67.2 Å². The first-order chi connectivity index (χ1) is 14.7. The minimum Gasteiger partial charge on any atom is -0.437 e. The monoisotopic (exact) mass is 559 g/mol. The number of aliphatic hydroxyl groups is 3. The Morgan fingerprint density at radius 2 is 1.27 bits per heavy atom. The lowest BCUT2D eigenvalue weighted by molar-refractivity contribution is 0.0697. The molecular weight excluding hydrogens is 507 g/mol. The maximum Gasteiger partial charge on any atom is 0.312 e. The third-order valence-corrected chi connectivity index (χ3v) is 27.1. The van der Waals surface area contributed by atoms with Gasteiger partial charge in [0, 0.05) is 0 Å². The van der Waals surface area contributed by atoms with Crippen LogP contribution in [0.25, 0.3) is 0 Å². The average Bonchev–Trinajstić information content (AvgIpc) is 2.60. The van der Waals surface area contributed by atoms with E-state index in [1.54, 1.807) is 0 Å². The first kappa shape index (κ1) is 35.7. The van der Waals surface area contributed by atoms with Crippen molar-refractivity contribution in [3.63, 3.8) is 0 Å². The van der Waals surface area contributed by atoms with Gasteiger partial charge in [-0.15, -0.1) is 0 Å². The minimum atomic E-state index is -2.27. The Morgan fingerprint density at radius 3 is 1.58 bits per heavy atom. The van der Waals surface area contributed by atoms with Crippen LogP contribution in [0.2, 0.25) is 65.0 Å². The Morgan fingerprint density at radius 1 is 0.848 bits per heavy atom. The summed E-state index contributed by atoms with van der Waals surface area (Å²) in [6, 6.07) is 1.16. The molecule has 8 nitrogen and oxygen atoms in total. The van der Waals surface area contributed by atoms with Gasteiger partial charge in [0.25, 0.3) is 0 Å². The summed E-state index contributed by atoms with van der Waals surface area (Å²) in [7, 11) is -9.41. The summed E-state index contributed by atoms with van der Waals surface area (Å²) >= 11 is 0. The summed E-state index contributed by atoms with van der Waals surface area (Å²) in [5, 5.41) is 25.0. The molecule has 0 aliphatic carbocycles. The van der Waals surface area contributed by atoms with Gasteiger partial charge >= 0.3 is 17.1 Å². The Bertz CT molecular complexity index is 559. The zero-order valence-corrected chi connectivity index (χ0v) is 28.2. The predicted octanol–water partition coefficient (Wildman–Crippen LogP) is 2.95. The Balaban J connectivity index is 0. The molecule has 1 unspecified atom stereocenters. The number of rotatable bonds is 15. The summed E-state index contributed by atoms with van der Waals surface area (Å²) in [4.78, 5) is 0. The second-order valence-electron chi connectivity index (χ2n) is 11.2. The van der Waals surface area contributed by atoms with Crippen LogP contribution in [0.15, 0.2) is 12.2 Å². The second kappa shape index (κ2) is 14.9. The number of hydrogen-bond acceptors (Lipinski definition) is 8. The summed E-state index contributed by atoms with van der Waals surface area (Å²) < 4.78 is 26.0. The van der Waals surface area contributed by atoms with Crippen LogP contribution in [-0.4, -0.2) is 89.1 Å². The van der Waals surface area contributed by atoms with Crippen LogP contribution in [0.1, 0.15) is 20.3 Å². The molecule has 0 amide bonds. The van der Waals surface area contributed by atoms with Gasteiger partial charge in [-0.05, 0) is 71.9 Å². The smallest absolute Gasteiger partial charge is 0.312 e. The third kappa shape index (κ3) is 17.6. The van der Waals surface area contributed by atoms with Crippen molar-refractivity contribution >= 4 is 41.8 Å². The van der Waals surface area contributed by atoms with E-state index in [1.165, 1.54) is 0 Å². The molecule has 0 spiro atoms. The van der Waals surface area contributed by atoms with Crippen LogP contribution in [0.4, 0.5) is 0 Å².